The lowest BCUT2D eigenvalue weighted by molar-refractivity contribution is -0.0173. The molecule has 4 heteroatoms. The normalized spacial score (nSPS) is 28.9. The molecule has 0 radical (unpaired) electrons. The molecule has 2 aliphatic heterocycles. The molecule has 0 bridgehead atoms. The average molecular weight is 381 g/mol. The fourth-order valence-electron chi connectivity index (χ4n) is 5.46. The number of likely N-dealkylation sites (tertiary alicyclic amines) is 1. The first-order valence-corrected chi connectivity index (χ1v) is 12.0. The average Bonchev–Trinajstić information content (AvgIpc) is 2.67. The van der Waals surface area contributed by atoms with Gasteiger partial charge < -0.3 is 4.90 Å². The summed E-state index contributed by atoms with van der Waals surface area (Å²) in [7, 11) is 2.41. The van der Waals surface area contributed by atoms with Crippen LogP contribution in [0.4, 0.5) is 0 Å². The largest absolute Gasteiger partial charge is 0.304 e. The molecule has 0 aromatic heterocycles. The molecule has 27 heavy (non-hydrogen) atoms. The minimum Gasteiger partial charge on any atom is -0.304 e. The standard InChI is InChI=1S/C23H48N4/c1-6-14-25(9-4)18-13-21-19-24(5)23(20-27(21)16-8-3)22-12-10-11-17-26(22)15-7-2/h21-23H,6-20H2,1-5H3. The van der Waals surface area contributed by atoms with Crippen molar-refractivity contribution >= 4 is 0 Å². The Bertz CT molecular complexity index is 387. The van der Waals surface area contributed by atoms with Gasteiger partial charge in [-0.05, 0) is 84.8 Å². The third-order valence-corrected chi connectivity index (χ3v) is 6.90. The lowest BCUT2D eigenvalue weighted by Crippen LogP contribution is -2.64. The van der Waals surface area contributed by atoms with Crippen LogP contribution in [-0.2, 0) is 0 Å². The molecule has 2 aliphatic rings. The first kappa shape index (κ1) is 23.1. The van der Waals surface area contributed by atoms with Crippen LogP contribution in [0.25, 0.3) is 0 Å². The molecule has 0 aromatic carbocycles. The molecule has 3 unspecified atom stereocenters. The molecular formula is C23H48N4. The van der Waals surface area contributed by atoms with E-state index in [0.717, 1.165) is 18.1 Å². The molecule has 2 rings (SSSR count). The monoisotopic (exact) mass is 380 g/mol. The summed E-state index contributed by atoms with van der Waals surface area (Å²) >= 11 is 0. The molecule has 4 nitrogen and oxygen atoms in total. The van der Waals surface area contributed by atoms with Crippen LogP contribution >= 0.6 is 0 Å². The summed E-state index contributed by atoms with van der Waals surface area (Å²) in [4.78, 5) is 11.0. The molecule has 0 aromatic rings. The van der Waals surface area contributed by atoms with Gasteiger partial charge in [-0.3, -0.25) is 14.7 Å². The van der Waals surface area contributed by atoms with E-state index in [0.29, 0.717) is 0 Å². The van der Waals surface area contributed by atoms with Crippen molar-refractivity contribution in [1.29, 1.82) is 0 Å². The zero-order chi connectivity index (χ0) is 19.6. The van der Waals surface area contributed by atoms with Gasteiger partial charge in [-0.25, -0.2) is 0 Å². The first-order chi connectivity index (χ1) is 13.1. The summed E-state index contributed by atoms with van der Waals surface area (Å²) in [6.45, 7) is 19.4. The third-order valence-electron chi connectivity index (χ3n) is 6.90. The van der Waals surface area contributed by atoms with Crippen molar-refractivity contribution in [3.05, 3.63) is 0 Å². The lowest BCUT2D eigenvalue weighted by Gasteiger charge is -2.51. The molecule has 2 fully saturated rings. The lowest BCUT2D eigenvalue weighted by atomic mass is 9.91. The number of rotatable bonds is 11. The second-order valence-electron chi connectivity index (χ2n) is 8.98. The Hall–Kier alpha value is -0.160. The van der Waals surface area contributed by atoms with Crippen LogP contribution in [0.1, 0.15) is 72.6 Å². The topological polar surface area (TPSA) is 13.0 Å². The van der Waals surface area contributed by atoms with E-state index in [1.165, 1.54) is 97.3 Å². The van der Waals surface area contributed by atoms with E-state index in [4.69, 9.17) is 0 Å². The maximum Gasteiger partial charge on any atom is 0.0376 e. The number of piperazine rings is 1. The predicted molar refractivity (Wildman–Crippen MR) is 119 cm³/mol. The van der Waals surface area contributed by atoms with E-state index >= 15 is 0 Å². The van der Waals surface area contributed by atoms with Gasteiger partial charge in [0.05, 0.1) is 0 Å². The van der Waals surface area contributed by atoms with E-state index < -0.39 is 0 Å². The van der Waals surface area contributed by atoms with Gasteiger partial charge in [-0.1, -0.05) is 34.1 Å². The van der Waals surface area contributed by atoms with Gasteiger partial charge in [0.2, 0.25) is 0 Å². The van der Waals surface area contributed by atoms with E-state index in [2.05, 4.69) is 54.3 Å². The van der Waals surface area contributed by atoms with Crippen LogP contribution in [0.5, 0.6) is 0 Å². The van der Waals surface area contributed by atoms with Crippen molar-refractivity contribution in [1.82, 2.24) is 19.6 Å². The van der Waals surface area contributed by atoms with Crippen LogP contribution in [0.2, 0.25) is 0 Å². The van der Waals surface area contributed by atoms with Crippen molar-refractivity contribution in [3.63, 3.8) is 0 Å². The molecule has 2 saturated heterocycles. The highest BCUT2D eigenvalue weighted by atomic mass is 15.3. The summed E-state index contributed by atoms with van der Waals surface area (Å²) in [6, 6.07) is 2.23. The highest BCUT2D eigenvalue weighted by Gasteiger charge is 2.38. The molecular weight excluding hydrogens is 332 g/mol. The minimum atomic E-state index is 0.720. The summed E-state index contributed by atoms with van der Waals surface area (Å²) in [6.07, 6.45) is 9.40. The molecule has 0 N–H and O–H groups in total. The van der Waals surface area contributed by atoms with E-state index in [9.17, 15) is 0 Å². The molecule has 0 aliphatic carbocycles. The van der Waals surface area contributed by atoms with Crippen LogP contribution in [0.3, 0.4) is 0 Å². The Balaban J connectivity index is 1.99. The predicted octanol–water partition coefficient (Wildman–Crippen LogP) is 3.77. The van der Waals surface area contributed by atoms with Crippen molar-refractivity contribution in [3.8, 4) is 0 Å². The van der Waals surface area contributed by atoms with Crippen LogP contribution in [-0.4, -0.2) is 97.1 Å². The summed E-state index contributed by atoms with van der Waals surface area (Å²) in [5.41, 5.74) is 0. The van der Waals surface area contributed by atoms with Crippen LogP contribution in [0.15, 0.2) is 0 Å². The van der Waals surface area contributed by atoms with E-state index in [-0.39, 0.29) is 0 Å². The van der Waals surface area contributed by atoms with Gasteiger partial charge in [0.15, 0.2) is 0 Å². The molecule has 0 amide bonds. The van der Waals surface area contributed by atoms with Crippen molar-refractivity contribution < 1.29 is 0 Å². The SMILES string of the molecule is CCCN(CC)CCC1CN(C)C(C2CCCCN2CCC)CN1CCC. The highest BCUT2D eigenvalue weighted by Crippen LogP contribution is 2.27. The Morgan fingerprint density at radius 2 is 1.56 bits per heavy atom. The number of hydrogen-bond acceptors (Lipinski definition) is 4. The van der Waals surface area contributed by atoms with E-state index in [1.54, 1.807) is 0 Å². The number of likely N-dealkylation sites (N-methyl/N-ethyl adjacent to an activating group) is 1. The van der Waals surface area contributed by atoms with Gasteiger partial charge in [-0.2, -0.15) is 0 Å². The second kappa shape index (κ2) is 12.4. The second-order valence-corrected chi connectivity index (χ2v) is 8.98. The van der Waals surface area contributed by atoms with Gasteiger partial charge in [0.25, 0.3) is 0 Å². The molecule has 2 heterocycles. The van der Waals surface area contributed by atoms with Crippen LogP contribution in [0, 0.1) is 0 Å². The zero-order valence-corrected chi connectivity index (χ0v) is 19.1. The maximum atomic E-state index is 2.85. The first-order valence-electron chi connectivity index (χ1n) is 12.0. The van der Waals surface area contributed by atoms with Gasteiger partial charge in [-0.15, -0.1) is 0 Å². The van der Waals surface area contributed by atoms with Gasteiger partial charge in [0.1, 0.15) is 0 Å². The zero-order valence-electron chi connectivity index (χ0n) is 19.1. The fourth-order valence-corrected chi connectivity index (χ4v) is 5.46. The fraction of sp³-hybridized carbons (Fsp3) is 1.00. The summed E-state index contributed by atoms with van der Waals surface area (Å²) in [5.74, 6) is 0. The van der Waals surface area contributed by atoms with Crippen molar-refractivity contribution in [2.45, 2.75) is 90.8 Å². The summed E-state index contributed by atoms with van der Waals surface area (Å²) in [5, 5.41) is 0. The molecule has 0 saturated carbocycles. The van der Waals surface area contributed by atoms with Crippen LogP contribution < -0.4 is 0 Å². The Labute approximate surface area is 170 Å². The Morgan fingerprint density at radius 3 is 2.22 bits per heavy atom. The smallest absolute Gasteiger partial charge is 0.0376 e. The molecule has 160 valence electrons. The minimum absolute atomic E-state index is 0.720. The highest BCUT2D eigenvalue weighted by molar-refractivity contribution is 4.96. The quantitative estimate of drug-likeness (QED) is 0.541. The van der Waals surface area contributed by atoms with Crippen molar-refractivity contribution in [2.24, 2.45) is 0 Å². The number of piperidine rings is 1. The number of hydrogen-bond donors (Lipinski definition) is 0. The van der Waals surface area contributed by atoms with E-state index in [1.807, 2.05) is 0 Å². The Kier molecular flexibility index (Phi) is 10.6. The third kappa shape index (κ3) is 6.69. The maximum absolute atomic E-state index is 2.85. The molecule has 0 spiro atoms. The van der Waals surface area contributed by atoms with Gasteiger partial charge in [0, 0.05) is 31.2 Å². The van der Waals surface area contributed by atoms with Crippen molar-refractivity contribution in [2.75, 3.05) is 59.4 Å². The Morgan fingerprint density at radius 1 is 0.815 bits per heavy atom. The molecule has 3 atom stereocenters. The number of nitrogens with zero attached hydrogens (tertiary/aromatic N) is 4. The summed E-state index contributed by atoms with van der Waals surface area (Å²) < 4.78 is 0. The van der Waals surface area contributed by atoms with Gasteiger partial charge >= 0.3 is 0 Å².